The van der Waals surface area contributed by atoms with Crippen LogP contribution in [0.15, 0.2) is 24.3 Å². The van der Waals surface area contributed by atoms with Gasteiger partial charge in [-0.25, -0.2) is 9.18 Å². The van der Waals surface area contributed by atoms with Crippen molar-refractivity contribution < 1.29 is 13.9 Å². The Balaban J connectivity index is 1.88. The molecule has 0 N–H and O–H groups in total. The highest BCUT2D eigenvalue weighted by molar-refractivity contribution is 5.69. The molecule has 0 radical (unpaired) electrons. The summed E-state index contributed by atoms with van der Waals surface area (Å²) in [5.41, 5.74) is 0.589. The van der Waals surface area contributed by atoms with Crippen molar-refractivity contribution in [2.24, 2.45) is 0 Å². The normalized spacial score (nSPS) is 27.9. The minimum Gasteiger partial charge on any atom is -0.444 e. The van der Waals surface area contributed by atoms with E-state index in [9.17, 15) is 9.18 Å². The van der Waals surface area contributed by atoms with Gasteiger partial charge in [-0.15, -0.1) is 0 Å². The molecular formula is C19H27FN2O2. The fourth-order valence-corrected chi connectivity index (χ4v) is 4.06. The summed E-state index contributed by atoms with van der Waals surface area (Å²) < 4.78 is 18.9. The lowest BCUT2D eigenvalue weighted by molar-refractivity contribution is 0.00306. The van der Waals surface area contributed by atoms with E-state index in [1.807, 2.05) is 37.8 Å². The lowest BCUT2D eigenvalue weighted by Crippen LogP contribution is -2.54. The number of nitrogens with zero attached hydrogens (tertiary/aromatic N) is 2. The van der Waals surface area contributed by atoms with Crippen LogP contribution in [0.5, 0.6) is 0 Å². The van der Waals surface area contributed by atoms with Crippen LogP contribution in [0.3, 0.4) is 0 Å². The van der Waals surface area contributed by atoms with Gasteiger partial charge in [-0.3, -0.25) is 0 Å². The molecule has 2 aliphatic heterocycles. The molecule has 132 valence electrons. The SMILES string of the molecule is CN1C[C@H](c2ccc(F)cc2)[C@@H]2[C@H]1CCCN2C(=O)OC(C)(C)C. The number of ether oxygens (including phenoxy) is 1. The first-order valence-corrected chi connectivity index (χ1v) is 8.71. The molecule has 1 amide bonds. The van der Waals surface area contributed by atoms with Crippen molar-refractivity contribution in [2.75, 3.05) is 20.1 Å². The van der Waals surface area contributed by atoms with Crippen molar-refractivity contribution in [1.29, 1.82) is 0 Å². The molecule has 0 unspecified atom stereocenters. The van der Waals surface area contributed by atoms with Crippen LogP contribution in [-0.2, 0) is 4.74 Å². The van der Waals surface area contributed by atoms with Gasteiger partial charge in [-0.1, -0.05) is 12.1 Å². The molecule has 5 heteroatoms. The van der Waals surface area contributed by atoms with E-state index in [1.54, 1.807) is 0 Å². The summed E-state index contributed by atoms with van der Waals surface area (Å²) in [6.07, 6.45) is 1.83. The molecule has 2 heterocycles. The Kier molecular flexibility index (Phi) is 4.56. The highest BCUT2D eigenvalue weighted by atomic mass is 19.1. The molecule has 3 rings (SSSR count). The molecule has 3 atom stereocenters. The Morgan fingerprint density at radius 2 is 1.92 bits per heavy atom. The molecular weight excluding hydrogens is 307 g/mol. The lowest BCUT2D eigenvalue weighted by Gasteiger charge is -2.41. The first-order chi connectivity index (χ1) is 11.3. The molecule has 0 saturated carbocycles. The first-order valence-electron chi connectivity index (χ1n) is 8.71. The number of hydrogen-bond acceptors (Lipinski definition) is 3. The van der Waals surface area contributed by atoms with Gasteiger partial charge >= 0.3 is 6.09 Å². The zero-order valence-electron chi connectivity index (χ0n) is 15.0. The number of amides is 1. The smallest absolute Gasteiger partial charge is 0.410 e. The Morgan fingerprint density at radius 1 is 1.25 bits per heavy atom. The number of rotatable bonds is 1. The van der Waals surface area contributed by atoms with Crippen LogP contribution >= 0.6 is 0 Å². The number of likely N-dealkylation sites (tertiary alicyclic amines) is 2. The fraction of sp³-hybridized carbons (Fsp3) is 0.632. The van der Waals surface area contributed by atoms with Gasteiger partial charge in [0.05, 0.1) is 6.04 Å². The third-order valence-electron chi connectivity index (χ3n) is 5.04. The monoisotopic (exact) mass is 334 g/mol. The predicted molar refractivity (Wildman–Crippen MR) is 91.5 cm³/mol. The second-order valence-electron chi connectivity index (χ2n) is 7.97. The molecule has 0 aliphatic carbocycles. The van der Waals surface area contributed by atoms with E-state index >= 15 is 0 Å². The van der Waals surface area contributed by atoms with Gasteiger partial charge in [0.15, 0.2) is 0 Å². The number of likely N-dealkylation sites (N-methyl/N-ethyl adjacent to an activating group) is 1. The van der Waals surface area contributed by atoms with E-state index < -0.39 is 5.60 Å². The summed E-state index contributed by atoms with van der Waals surface area (Å²) in [6, 6.07) is 7.12. The molecule has 0 bridgehead atoms. The first kappa shape index (κ1) is 17.2. The van der Waals surface area contributed by atoms with Gasteiger partial charge in [0.1, 0.15) is 11.4 Å². The van der Waals surface area contributed by atoms with Crippen molar-refractivity contribution in [3.8, 4) is 0 Å². The quantitative estimate of drug-likeness (QED) is 0.786. The molecule has 2 aliphatic rings. The third-order valence-corrected chi connectivity index (χ3v) is 5.04. The van der Waals surface area contributed by atoms with Crippen molar-refractivity contribution in [3.05, 3.63) is 35.6 Å². The largest absolute Gasteiger partial charge is 0.444 e. The van der Waals surface area contributed by atoms with Gasteiger partial charge in [0, 0.05) is 25.0 Å². The van der Waals surface area contributed by atoms with Crippen LogP contribution in [0.4, 0.5) is 9.18 Å². The van der Waals surface area contributed by atoms with E-state index in [2.05, 4.69) is 11.9 Å². The predicted octanol–water partition coefficient (Wildman–Crippen LogP) is 3.62. The molecule has 2 fully saturated rings. The summed E-state index contributed by atoms with van der Waals surface area (Å²) in [5, 5.41) is 0. The summed E-state index contributed by atoms with van der Waals surface area (Å²) in [7, 11) is 2.11. The van der Waals surface area contributed by atoms with Gasteiger partial charge in [-0.2, -0.15) is 0 Å². The van der Waals surface area contributed by atoms with E-state index in [-0.39, 0.29) is 23.9 Å². The zero-order chi connectivity index (χ0) is 17.5. The van der Waals surface area contributed by atoms with Crippen LogP contribution in [0.2, 0.25) is 0 Å². The van der Waals surface area contributed by atoms with Crippen LogP contribution in [0.25, 0.3) is 0 Å². The van der Waals surface area contributed by atoms with Crippen molar-refractivity contribution in [3.63, 3.8) is 0 Å². The fourth-order valence-electron chi connectivity index (χ4n) is 4.06. The number of carbonyl (C=O) groups is 1. The maximum atomic E-state index is 13.3. The molecule has 4 nitrogen and oxygen atoms in total. The average molecular weight is 334 g/mol. The molecule has 0 aromatic heterocycles. The van der Waals surface area contributed by atoms with E-state index in [0.717, 1.165) is 31.5 Å². The van der Waals surface area contributed by atoms with Crippen LogP contribution < -0.4 is 0 Å². The van der Waals surface area contributed by atoms with Gasteiger partial charge in [0.2, 0.25) is 0 Å². The molecule has 1 aromatic rings. The van der Waals surface area contributed by atoms with Crippen molar-refractivity contribution in [2.45, 2.75) is 57.2 Å². The number of halogens is 1. The minimum atomic E-state index is -0.500. The topological polar surface area (TPSA) is 32.8 Å². The van der Waals surface area contributed by atoms with Crippen LogP contribution in [0, 0.1) is 5.82 Å². The summed E-state index contributed by atoms with van der Waals surface area (Å²) >= 11 is 0. The Bertz CT molecular complexity index is 596. The average Bonchev–Trinajstić information content (AvgIpc) is 2.84. The van der Waals surface area contributed by atoms with Crippen LogP contribution in [0.1, 0.15) is 45.1 Å². The zero-order valence-corrected chi connectivity index (χ0v) is 15.0. The van der Waals surface area contributed by atoms with Crippen molar-refractivity contribution >= 4 is 6.09 Å². The number of fused-ring (bicyclic) bond motifs is 1. The standard InChI is InChI=1S/C19H27FN2O2/c1-19(2,3)24-18(23)22-11-5-6-16-17(22)15(12-21(16)4)13-7-9-14(20)10-8-13/h7-10,15-17H,5-6,11-12H2,1-4H3/t15-,16-,17-/m1/s1. The molecule has 0 spiro atoms. The van der Waals surface area contributed by atoms with E-state index in [4.69, 9.17) is 4.74 Å². The third kappa shape index (κ3) is 3.41. The van der Waals surface area contributed by atoms with Gasteiger partial charge in [0.25, 0.3) is 0 Å². The number of carbonyl (C=O) groups excluding carboxylic acids is 1. The Morgan fingerprint density at radius 3 is 2.54 bits per heavy atom. The maximum absolute atomic E-state index is 13.3. The number of hydrogen-bond donors (Lipinski definition) is 0. The van der Waals surface area contributed by atoms with Crippen LogP contribution in [-0.4, -0.2) is 53.7 Å². The van der Waals surface area contributed by atoms with Crippen molar-refractivity contribution in [1.82, 2.24) is 9.80 Å². The maximum Gasteiger partial charge on any atom is 0.410 e. The second kappa shape index (κ2) is 6.36. The number of benzene rings is 1. The second-order valence-corrected chi connectivity index (χ2v) is 7.97. The molecule has 2 saturated heterocycles. The van der Waals surface area contributed by atoms with E-state index in [1.165, 1.54) is 12.1 Å². The summed E-state index contributed by atoms with van der Waals surface area (Å²) in [4.78, 5) is 16.9. The van der Waals surface area contributed by atoms with Gasteiger partial charge < -0.3 is 14.5 Å². The lowest BCUT2D eigenvalue weighted by atomic mass is 9.86. The minimum absolute atomic E-state index is 0.0871. The van der Waals surface area contributed by atoms with Gasteiger partial charge in [-0.05, 0) is 58.4 Å². The summed E-state index contributed by atoms with van der Waals surface area (Å²) in [6.45, 7) is 7.28. The highest BCUT2D eigenvalue weighted by Crippen LogP contribution is 2.39. The highest BCUT2D eigenvalue weighted by Gasteiger charge is 2.48. The Hall–Kier alpha value is -1.62. The molecule has 24 heavy (non-hydrogen) atoms. The molecule has 1 aromatic carbocycles. The Labute approximate surface area is 143 Å². The van der Waals surface area contributed by atoms with E-state index in [0.29, 0.717) is 6.04 Å². The summed E-state index contributed by atoms with van der Waals surface area (Å²) in [5.74, 6) is -0.0392. The number of piperidine rings is 1.